The minimum atomic E-state index is -0.752. The van der Waals surface area contributed by atoms with E-state index in [1.165, 1.54) is 0 Å². The van der Waals surface area contributed by atoms with Crippen LogP contribution in [-0.2, 0) is 20.8 Å². The van der Waals surface area contributed by atoms with Crippen LogP contribution in [0.15, 0.2) is 30.3 Å². The Labute approximate surface area is 150 Å². The summed E-state index contributed by atoms with van der Waals surface area (Å²) < 4.78 is 18.0. The quantitative estimate of drug-likeness (QED) is 0.753. The molecule has 2 rings (SSSR count). The Morgan fingerprint density at radius 1 is 1.08 bits per heavy atom. The molecule has 1 heterocycles. The molecule has 0 aliphatic carbocycles. The summed E-state index contributed by atoms with van der Waals surface area (Å²) in [5.74, 6) is -0.842. The Hall–Kier alpha value is -0.980. The number of rotatable bonds is 8. The van der Waals surface area contributed by atoms with Gasteiger partial charge in [-0.2, -0.15) is 0 Å². The maximum absolute atomic E-state index is 9.90. The Balaban J connectivity index is 2.01. The van der Waals surface area contributed by atoms with E-state index in [1.807, 2.05) is 51.1 Å². The molecule has 2 N–H and O–H groups in total. The highest BCUT2D eigenvalue weighted by atomic mass is 16.7. The SMILES string of the molecule is C[C@H]1[C@H]([C@H](CO)COCc2ccccc2)OC(C)(C)O[C@@H]1[C@H](C)CO. The third-order valence-corrected chi connectivity index (χ3v) is 4.87. The molecule has 5 atom stereocenters. The average Bonchev–Trinajstić information content (AvgIpc) is 2.61. The summed E-state index contributed by atoms with van der Waals surface area (Å²) >= 11 is 0. The number of hydrogen-bond donors (Lipinski definition) is 2. The van der Waals surface area contributed by atoms with E-state index in [4.69, 9.17) is 14.2 Å². The van der Waals surface area contributed by atoms with Crippen LogP contribution in [0, 0.1) is 17.8 Å². The van der Waals surface area contributed by atoms with Crippen molar-refractivity contribution in [1.82, 2.24) is 0 Å². The first-order valence-electron chi connectivity index (χ1n) is 9.07. The molecule has 0 bridgehead atoms. The summed E-state index contributed by atoms with van der Waals surface area (Å²) in [6, 6.07) is 9.97. The van der Waals surface area contributed by atoms with E-state index in [2.05, 4.69) is 6.92 Å². The maximum atomic E-state index is 9.90. The van der Waals surface area contributed by atoms with Crippen LogP contribution >= 0.6 is 0 Å². The molecule has 25 heavy (non-hydrogen) atoms. The molecule has 0 saturated carbocycles. The van der Waals surface area contributed by atoms with E-state index in [0.717, 1.165) is 5.56 Å². The van der Waals surface area contributed by atoms with Gasteiger partial charge in [0.1, 0.15) is 0 Å². The first-order valence-corrected chi connectivity index (χ1v) is 9.07. The van der Waals surface area contributed by atoms with Gasteiger partial charge in [0.15, 0.2) is 5.79 Å². The highest BCUT2D eigenvalue weighted by molar-refractivity contribution is 5.13. The van der Waals surface area contributed by atoms with E-state index < -0.39 is 5.79 Å². The van der Waals surface area contributed by atoms with Crippen LogP contribution in [0.3, 0.4) is 0 Å². The molecule has 0 amide bonds. The van der Waals surface area contributed by atoms with E-state index in [-0.39, 0.29) is 43.2 Å². The molecule has 0 spiro atoms. The van der Waals surface area contributed by atoms with Crippen molar-refractivity contribution in [3.63, 3.8) is 0 Å². The van der Waals surface area contributed by atoms with Crippen molar-refractivity contribution in [2.24, 2.45) is 17.8 Å². The Morgan fingerprint density at radius 2 is 1.72 bits per heavy atom. The van der Waals surface area contributed by atoms with Gasteiger partial charge in [0.05, 0.1) is 32.0 Å². The van der Waals surface area contributed by atoms with Gasteiger partial charge in [-0.1, -0.05) is 44.2 Å². The maximum Gasteiger partial charge on any atom is 0.163 e. The molecular formula is C20H32O5. The van der Waals surface area contributed by atoms with E-state index in [0.29, 0.717) is 13.2 Å². The van der Waals surface area contributed by atoms with Gasteiger partial charge in [-0.05, 0) is 19.4 Å². The van der Waals surface area contributed by atoms with Crippen molar-refractivity contribution in [2.45, 2.75) is 52.3 Å². The zero-order valence-electron chi connectivity index (χ0n) is 15.7. The molecule has 0 unspecified atom stereocenters. The lowest BCUT2D eigenvalue weighted by Crippen LogP contribution is -2.56. The fraction of sp³-hybridized carbons (Fsp3) is 0.700. The van der Waals surface area contributed by atoms with Gasteiger partial charge in [0.2, 0.25) is 0 Å². The predicted molar refractivity (Wildman–Crippen MR) is 95.9 cm³/mol. The summed E-state index contributed by atoms with van der Waals surface area (Å²) in [6.45, 7) is 8.75. The average molecular weight is 352 g/mol. The van der Waals surface area contributed by atoms with Crippen molar-refractivity contribution < 1.29 is 24.4 Å². The van der Waals surface area contributed by atoms with Gasteiger partial charge in [-0.3, -0.25) is 0 Å². The van der Waals surface area contributed by atoms with Crippen molar-refractivity contribution in [2.75, 3.05) is 19.8 Å². The second kappa shape index (κ2) is 9.10. The number of aliphatic hydroxyl groups is 2. The summed E-state index contributed by atoms with van der Waals surface area (Å²) in [6.07, 6.45) is -0.314. The van der Waals surface area contributed by atoms with Crippen molar-refractivity contribution in [3.05, 3.63) is 35.9 Å². The predicted octanol–water partition coefficient (Wildman–Crippen LogP) is 2.60. The normalized spacial score (nSPS) is 28.5. The summed E-state index contributed by atoms with van der Waals surface area (Å²) in [4.78, 5) is 0. The first-order chi connectivity index (χ1) is 11.9. The van der Waals surface area contributed by atoms with E-state index in [1.54, 1.807) is 0 Å². The number of aliphatic hydroxyl groups excluding tert-OH is 2. The van der Waals surface area contributed by atoms with Gasteiger partial charge in [-0.25, -0.2) is 0 Å². The summed E-state index contributed by atoms with van der Waals surface area (Å²) in [5.41, 5.74) is 1.10. The molecule has 1 aliphatic rings. The van der Waals surface area contributed by atoms with Crippen LogP contribution in [0.1, 0.15) is 33.3 Å². The number of hydrogen-bond acceptors (Lipinski definition) is 5. The minimum Gasteiger partial charge on any atom is -0.396 e. The molecule has 1 saturated heterocycles. The molecule has 5 nitrogen and oxygen atoms in total. The lowest BCUT2D eigenvalue weighted by Gasteiger charge is -2.48. The molecule has 1 fully saturated rings. The Bertz CT molecular complexity index is 504. The zero-order valence-corrected chi connectivity index (χ0v) is 15.7. The monoisotopic (exact) mass is 352 g/mol. The molecule has 1 aromatic carbocycles. The molecule has 1 aromatic rings. The zero-order chi connectivity index (χ0) is 18.4. The van der Waals surface area contributed by atoms with Crippen LogP contribution < -0.4 is 0 Å². The minimum absolute atomic E-state index is 0.00487. The Morgan fingerprint density at radius 3 is 2.32 bits per heavy atom. The Kier molecular flexibility index (Phi) is 7.40. The molecular weight excluding hydrogens is 320 g/mol. The topological polar surface area (TPSA) is 68.2 Å². The third-order valence-electron chi connectivity index (χ3n) is 4.87. The fourth-order valence-corrected chi connectivity index (χ4v) is 3.50. The van der Waals surface area contributed by atoms with Gasteiger partial charge >= 0.3 is 0 Å². The van der Waals surface area contributed by atoms with Crippen LogP contribution in [0.4, 0.5) is 0 Å². The molecule has 142 valence electrons. The van der Waals surface area contributed by atoms with Crippen molar-refractivity contribution in [3.8, 4) is 0 Å². The van der Waals surface area contributed by atoms with Crippen LogP contribution in [0.25, 0.3) is 0 Å². The van der Waals surface area contributed by atoms with Gasteiger partial charge in [-0.15, -0.1) is 0 Å². The van der Waals surface area contributed by atoms with Gasteiger partial charge in [0, 0.05) is 24.4 Å². The van der Waals surface area contributed by atoms with Crippen molar-refractivity contribution >= 4 is 0 Å². The van der Waals surface area contributed by atoms with Crippen LogP contribution in [-0.4, -0.2) is 48.0 Å². The second-order valence-electron chi connectivity index (χ2n) is 7.53. The fourth-order valence-electron chi connectivity index (χ4n) is 3.50. The van der Waals surface area contributed by atoms with Crippen molar-refractivity contribution in [1.29, 1.82) is 0 Å². The molecule has 0 aromatic heterocycles. The molecule has 0 radical (unpaired) electrons. The smallest absolute Gasteiger partial charge is 0.163 e. The molecule has 1 aliphatic heterocycles. The third kappa shape index (κ3) is 5.50. The second-order valence-corrected chi connectivity index (χ2v) is 7.53. The highest BCUT2D eigenvalue weighted by Gasteiger charge is 2.45. The standard InChI is InChI=1S/C20H32O5/c1-14(10-21)18-15(2)19(25-20(3,4)24-18)17(11-22)13-23-12-16-8-6-5-7-9-16/h5-9,14-15,17-19,21-22H,10-13H2,1-4H3/t14-,15-,17-,18-,19-/m1/s1. The largest absolute Gasteiger partial charge is 0.396 e. The lowest BCUT2D eigenvalue weighted by atomic mass is 9.82. The van der Waals surface area contributed by atoms with Gasteiger partial charge < -0.3 is 24.4 Å². The summed E-state index contributed by atoms with van der Waals surface area (Å²) in [7, 11) is 0. The molecule has 5 heteroatoms. The van der Waals surface area contributed by atoms with E-state index >= 15 is 0 Å². The van der Waals surface area contributed by atoms with Crippen LogP contribution in [0.5, 0.6) is 0 Å². The van der Waals surface area contributed by atoms with Crippen LogP contribution in [0.2, 0.25) is 0 Å². The number of ether oxygens (including phenoxy) is 3. The number of benzene rings is 1. The lowest BCUT2D eigenvalue weighted by molar-refractivity contribution is -0.339. The summed E-state index contributed by atoms with van der Waals surface area (Å²) in [5, 5.41) is 19.4. The van der Waals surface area contributed by atoms with E-state index in [9.17, 15) is 10.2 Å². The highest BCUT2D eigenvalue weighted by Crippen LogP contribution is 2.37. The van der Waals surface area contributed by atoms with Gasteiger partial charge in [0.25, 0.3) is 0 Å². The first kappa shape index (κ1) is 20.3.